The van der Waals surface area contributed by atoms with E-state index in [0.717, 1.165) is 44.1 Å². The molecule has 1 N–H and O–H groups in total. The van der Waals surface area contributed by atoms with Crippen LogP contribution in [0.3, 0.4) is 0 Å². The SMILES string of the molecule is Cc1nc2c(c(NCc3ccc(N4CC=CC4)cc3)n1)CCCC2. The third-order valence-corrected chi connectivity index (χ3v) is 4.87. The lowest BCUT2D eigenvalue weighted by molar-refractivity contribution is 0.659. The maximum absolute atomic E-state index is 4.64. The summed E-state index contributed by atoms with van der Waals surface area (Å²) in [5.74, 6) is 1.90. The van der Waals surface area contributed by atoms with Crippen LogP contribution in [0.1, 0.15) is 35.5 Å². The quantitative estimate of drug-likeness (QED) is 0.873. The van der Waals surface area contributed by atoms with Crippen molar-refractivity contribution in [1.29, 1.82) is 0 Å². The number of aryl methyl sites for hydroxylation is 2. The number of hydrogen-bond acceptors (Lipinski definition) is 4. The summed E-state index contributed by atoms with van der Waals surface area (Å²) in [6.07, 6.45) is 9.11. The van der Waals surface area contributed by atoms with Crippen LogP contribution >= 0.6 is 0 Å². The highest BCUT2D eigenvalue weighted by molar-refractivity contribution is 5.52. The van der Waals surface area contributed by atoms with Gasteiger partial charge >= 0.3 is 0 Å². The molecule has 2 aliphatic rings. The molecule has 4 heteroatoms. The molecule has 0 atom stereocenters. The molecule has 1 aliphatic heterocycles. The Morgan fingerprint density at radius 2 is 1.75 bits per heavy atom. The first-order chi connectivity index (χ1) is 11.8. The average molecular weight is 320 g/mol. The summed E-state index contributed by atoms with van der Waals surface area (Å²) in [5.41, 5.74) is 5.14. The zero-order chi connectivity index (χ0) is 16.4. The van der Waals surface area contributed by atoms with E-state index in [-0.39, 0.29) is 0 Å². The molecule has 0 fully saturated rings. The molecule has 124 valence electrons. The van der Waals surface area contributed by atoms with Gasteiger partial charge in [-0.1, -0.05) is 24.3 Å². The number of aromatic nitrogens is 2. The lowest BCUT2D eigenvalue weighted by atomic mass is 9.96. The van der Waals surface area contributed by atoms with E-state index < -0.39 is 0 Å². The molecule has 0 saturated heterocycles. The molecule has 2 heterocycles. The summed E-state index contributed by atoms with van der Waals surface area (Å²) in [6, 6.07) is 8.84. The molecule has 1 aliphatic carbocycles. The second-order valence-electron chi connectivity index (χ2n) is 6.65. The van der Waals surface area contributed by atoms with Gasteiger partial charge in [0.05, 0.1) is 0 Å². The third kappa shape index (κ3) is 3.14. The molecular formula is C20H24N4. The third-order valence-electron chi connectivity index (χ3n) is 4.87. The fourth-order valence-electron chi connectivity index (χ4n) is 3.56. The van der Waals surface area contributed by atoms with Crippen molar-refractivity contribution in [3.8, 4) is 0 Å². The van der Waals surface area contributed by atoms with Crippen molar-refractivity contribution >= 4 is 11.5 Å². The minimum atomic E-state index is 0.807. The molecule has 0 bridgehead atoms. The van der Waals surface area contributed by atoms with Gasteiger partial charge in [0.1, 0.15) is 11.6 Å². The van der Waals surface area contributed by atoms with E-state index in [2.05, 4.69) is 56.6 Å². The Morgan fingerprint density at radius 3 is 2.54 bits per heavy atom. The molecule has 1 aromatic carbocycles. The van der Waals surface area contributed by atoms with Gasteiger partial charge in [0.15, 0.2) is 0 Å². The first-order valence-corrected chi connectivity index (χ1v) is 8.89. The summed E-state index contributed by atoms with van der Waals surface area (Å²) in [5, 5.41) is 3.54. The smallest absolute Gasteiger partial charge is 0.133 e. The fraction of sp³-hybridized carbons (Fsp3) is 0.400. The van der Waals surface area contributed by atoms with Crippen LogP contribution in [0.5, 0.6) is 0 Å². The van der Waals surface area contributed by atoms with E-state index in [4.69, 9.17) is 0 Å². The number of nitrogens with one attached hydrogen (secondary N) is 1. The normalized spacial score (nSPS) is 16.3. The molecule has 0 radical (unpaired) electrons. The van der Waals surface area contributed by atoms with E-state index in [1.54, 1.807) is 0 Å². The van der Waals surface area contributed by atoms with Gasteiger partial charge in [-0.3, -0.25) is 0 Å². The van der Waals surface area contributed by atoms with Crippen LogP contribution in [0.4, 0.5) is 11.5 Å². The van der Waals surface area contributed by atoms with Gasteiger partial charge in [0.2, 0.25) is 0 Å². The van der Waals surface area contributed by atoms with Gasteiger partial charge in [-0.2, -0.15) is 0 Å². The van der Waals surface area contributed by atoms with Gasteiger partial charge in [-0.15, -0.1) is 0 Å². The fourth-order valence-corrected chi connectivity index (χ4v) is 3.56. The van der Waals surface area contributed by atoms with Gasteiger partial charge in [0.25, 0.3) is 0 Å². The van der Waals surface area contributed by atoms with Crippen LogP contribution in [0.2, 0.25) is 0 Å². The lowest BCUT2D eigenvalue weighted by Gasteiger charge is -2.20. The minimum absolute atomic E-state index is 0.807. The van der Waals surface area contributed by atoms with Crippen LogP contribution < -0.4 is 10.2 Å². The zero-order valence-corrected chi connectivity index (χ0v) is 14.3. The second-order valence-corrected chi connectivity index (χ2v) is 6.65. The summed E-state index contributed by atoms with van der Waals surface area (Å²) >= 11 is 0. The molecule has 0 amide bonds. The molecule has 0 spiro atoms. The second kappa shape index (κ2) is 6.63. The topological polar surface area (TPSA) is 41.1 Å². The molecule has 0 saturated carbocycles. The standard InChI is InChI=1S/C20H24N4/c1-15-22-19-7-3-2-6-18(19)20(23-15)21-14-16-8-10-17(11-9-16)24-12-4-5-13-24/h4-5,8-11H,2-3,6-7,12-14H2,1H3,(H,21,22,23). The van der Waals surface area contributed by atoms with Gasteiger partial charge in [0, 0.05) is 36.6 Å². The highest BCUT2D eigenvalue weighted by atomic mass is 15.1. The number of hydrogen-bond donors (Lipinski definition) is 1. The molecule has 2 aromatic rings. The van der Waals surface area contributed by atoms with Gasteiger partial charge < -0.3 is 10.2 Å². The lowest BCUT2D eigenvalue weighted by Crippen LogP contribution is -2.18. The van der Waals surface area contributed by atoms with Crippen molar-refractivity contribution in [2.45, 2.75) is 39.2 Å². The number of benzene rings is 1. The van der Waals surface area contributed by atoms with Crippen molar-refractivity contribution in [2.24, 2.45) is 0 Å². The van der Waals surface area contributed by atoms with E-state index in [9.17, 15) is 0 Å². The molecule has 24 heavy (non-hydrogen) atoms. The van der Waals surface area contributed by atoms with Crippen LogP contribution in [0.25, 0.3) is 0 Å². The van der Waals surface area contributed by atoms with Crippen molar-refractivity contribution < 1.29 is 0 Å². The Hall–Kier alpha value is -2.36. The highest BCUT2D eigenvalue weighted by Crippen LogP contribution is 2.26. The number of rotatable bonds is 4. The van der Waals surface area contributed by atoms with Crippen molar-refractivity contribution in [3.05, 3.63) is 59.1 Å². The van der Waals surface area contributed by atoms with Crippen molar-refractivity contribution in [2.75, 3.05) is 23.3 Å². The van der Waals surface area contributed by atoms with E-state index in [1.165, 1.54) is 35.3 Å². The van der Waals surface area contributed by atoms with Crippen LogP contribution in [0.15, 0.2) is 36.4 Å². The first-order valence-electron chi connectivity index (χ1n) is 8.89. The zero-order valence-electron chi connectivity index (χ0n) is 14.3. The summed E-state index contributed by atoms with van der Waals surface area (Å²) in [7, 11) is 0. The maximum Gasteiger partial charge on any atom is 0.133 e. The Balaban J connectivity index is 1.46. The average Bonchev–Trinajstić information content (AvgIpc) is 3.14. The molecule has 1 aromatic heterocycles. The van der Waals surface area contributed by atoms with Crippen LogP contribution in [-0.2, 0) is 19.4 Å². The Kier molecular flexibility index (Phi) is 4.20. The highest BCUT2D eigenvalue weighted by Gasteiger charge is 2.16. The van der Waals surface area contributed by atoms with Crippen molar-refractivity contribution in [1.82, 2.24) is 9.97 Å². The van der Waals surface area contributed by atoms with Gasteiger partial charge in [-0.05, 0) is 50.3 Å². The molecule has 0 unspecified atom stereocenters. The minimum Gasteiger partial charge on any atom is -0.366 e. The largest absolute Gasteiger partial charge is 0.366 e. The Bertz CT molecular complexity index is 741. The number of nitrogens with zero attached hydrogens (tertiary/aromatic N) is 3. The van der Waals surface area contributed by atoms with E-state index >= 15 is 0 Å². The van der Waals surface area contributed by atoms with E-state index in [1.807, 2.05) is 6.92 Å². The predicted molar refractivity (Wildman–Crippen MR) is 98.5 cm³/mol. The summed E-state index contributed by atoms with van der Waals surface area (Å²) in [4.78, 5) is 11.6. The molecule has 4 nitrogen and oxygen atoms in total. The maximum atomic E-state index is 4.64. The predicted octanol–water partition coefficient (Wildman–Crippen LogP) is 3.65. The Labute approximate surface area is 143 Å². The van der Waals surface area contributed by atoms with Crippen LogP contribution in [-0.4, -0.2) is 23.1 Å². The Morgan fingerprint density at radius 1 is 1.00 bits per heavy atom. The molecular weight excluding hydrogens is 296 g/mol. The van der Waals surface area contributed by atoms with E-state index in [0.29, 0.717) is 0 Å². The number of fused-ring (bicyclic) bond motifs is 1. The monoisotopic (exact) mass is 320 g/mol. The van der Waals surface area contributed by atoms with Gasteiger partial charge in [-0.25, -0.2) is 9.97 Å². The first kappa shape index (κ1) is 15.2. The summed E-state index contributed by atoms with van der Waals surface area (Å²) < 4.78 is 0. The number of anilines is 2. The van der Waals surface area contributed by atoms with Crippen molar-refractivity contribution in [3.63, 3.8) is 0 Å². The summed E-state index contributed by atoms with van der Waals surface area (Å²) in [6.45, 7) is 4.83. The molecule has 4 rings (SSSR count). The van der Waals surface area contributed by atoms with Crippen LogP contribution in [0, 0.1) is 6.92 Å².